The first-order chi connectivity index (χ1) is 12.0. The minimum absolute atomic E-state index is 0.269. The van der Waals surface area contributed by atoms with Gasteiger partial charge in [0.25, 0.3) is 5.97 Å². The second-order valence-corrected chi connectivity index (χ2v) is 5.72. The lowest BCUT2D eigenvalue weighted by atomic mass is 10.2. The summed E-state index contributed by atoms with van der Waals surface area (Å²) in [6.07, 6.45) is 0. The molecule has 1 heterocycles. The minimum atomic E-state index is -0.833. The van der Waals surface area contributed by atoms with Crippen molar-refractivity contribution in [2.75, 3.05) is 24.5 Å². The molecule has 6 nitrogen and oxygen atoms in total. The molecule has 0 unspecified atom stereocenters. The Morgan fingerprint density at radius 1 is 1.20 bits per heavy atom. The van der Waals surface area contributed by atoms with E-state index >= 15 is 0 Å². The predicted octanol–water partition coefficient (Wildman–Crippen LogP) is 2.93. The van der Waals surface area contributed by atoms with E-state index in [1.54, 1.807) is 12.1 Å². The molecule has 1 aliphatic rings. The fraction of sp³-hybridized carbons (Fsp3) is 0.263. The lowest BCUT2D eigenvalue weighted by molar-refractivity contribution is -0.134. The number of carboxylic acids is 1. The van der Waals surface area contributed by atoms with Crippen molar-refractivity contribution in [3.05, 3.63) is 54.1 Å². The zero-order valence-electron chi connectivity index (χ0n) is 14.4. The third-order valence-corrected chi connectivity index (χ3v) is 3.54. The fourth-order valence-corrected chi connectivity index (χ4v) is 2.42. The van der Waals surface area contributed by atoms with Gasteiger partial charge in [-0.15, -0.1) is 0 Å². The molecule has 0 fully saturated rings. The standard InChI is InChI=1S/C17H19N3O.C2H4O2/c1-13-5-7-14(8-6-13)20(12-17-18-9-10-19-17)15-3-2-4-16(21)11-15;1-2(3)4/h2-8,11,21H,9-10,12H2,1H3,(H,18,19);1H3,(H,3,4). The van der Waals surface area contributed by atoms with Crippen LogP contribution >= 0.6 is 0 Å². The molecular weight excluding hydrogens is 318 g/mol. The van der Waals surface area contributed by atoms with Gasteiger partial charge in [0.15, 0.2) is 0 Å². The molecule has 2 aromatic rings. The summed E-state index contributed by atoms with van der Waals surface area (Å²) in [5.74, 6) is 0.421. The highest BCUT2D eigenvalue weighted by Crippen LogP contribution is 2.28. The van der Waals surface area contributed by atoms with Crippen molar-refractivity contribution in [1.29, 1.82) is 0 Å². The zero-order valence-corrected chi connectivity index (χ0v) is 14.4. The number of aliphatic imine (C=N–C) groups is 1. The summed E-state index contributed by atoms with van der Waals surface area (Å²) in [6.45, 7) is 5.56. The van der Waals surface area contributed by atoms with E-state index in [1.165, 1.54) is 5.56 Å². The molecule has 2 aromatic carbocycles. The van der Waals surface area contributed by atoms with Crippen LogP contribution in [0.15, 0.2) is 53.5 Å². The molecule has 0 amide bonds. The van der Waals surface area contributed by atoms with Crippen molar-refractivity contribution in [1.82, 2.24) is 5.32 Å². The van der Waals surface area contributed by atoms with E-state index in [4.69, 9.17) is 9.90 Å². The zero-order chi connectivity index (χ0) is 18.2. The van der Waals surface area contributed by atoms with Crippen LogP contribution in [-0.2, 0) is 4.79 Å². The summed E-state index contributed by atoms with van der Waals surface area (Å²) in [5.41, 5.74) is 3.27. The van der Waals surface area contributed by atoms with Gasteiger partial charge in [-0.25, -0.2) is 0 Å². The molecule has 25 heavy (non-hydrogen) atoms. The Morgan fingerprint density at radius 2 is 1.88 bits per heavy atom. The molecule has 0 bridgehead atoms. The molecule has 0 atom stereocenters. The van der Waals surface area contributed by atoms with Gasteiger partial charge >= 0.3 is 0 Å². The molecule has 132 valence electrons. The number of benzene rings is 2. The summed E-state index contributed by atoms with van der Waals surface area (Å²) < 4.78 is 0. The van der Waals surface area contributed by atoms with Crippen LogP contribution in [0.2, 0.25) is 0 Å². The Hall–Kier alpha value is -3.02. The van der Waals surface area contributed by atoms with Crippen LogP contribution in [0.25, 0.3) is 0 Å². The van der Waals surface area contributed by atoms with Crippen molar-refractivity contribution in [2.24, 2.45) is 4.99 Å². The number of aliphatic carboxylic acids is 1. The molecule has 3 N–H and O–H groups in total. The Bertz CT molecular complexity index is 738. The van der Waals surface area contributed by atoms with Crippen LogP contribution in [0.4, 0.5) is 11.4 Å². The maximum Gasteiger partial charge on any atom is 0.300 e. The summed E-state index contributed by atoms with van der Waals surface area (Å²) in [6, 6.07) is 15.7. The van der Waals surface area contributed by atoms with Gasteiger partial charge in [0.2, 0.25) is 0 Å². The van der Waals surface area contributed by atoms with Gasteiger partial charge in [0.05, 0.1) is 13.1 Å². The highest BCUT2D eigenvalue weighted by atomic mass is 16.4. The number of phenols is 1. The van der Waals surface area contributed by atoms with Gasteiger partial charge in [0.1, 0.15) is 11.6 Å². The maximum absolute atomic E-state index is 9.74. The number of carbonyl (C=O) groups is 1. The Kier molecular flexibility index (Phi) is 6.39. The molecule has 1 aliphatic heterocycles. The number of amidine groups is 1. The van der Waals surface area contributed by atoms with Gasteiger partial charge < -0.3 is 20.4 Å². The number of rotatable bonds is 4. The molecule has 0 spiro atoms. The number of nitrogens with one attached hydrogen (secondary N) is 1. The minimum Gasteiger partial charge on any atom is -0.508 e. The van der Waals surface area contributed by atoms with E-state index in [0.29, 0.717) is 6.54 Å². The predicted molar refractivity (Wildman–Crippen MR) is 99.9 cm³/mol. The van der Waals surface area contributed by atoms with Crippen LogP contribution in [0.3, 0.4) is 0 Å². The third-order valence-electron chi connectivity index (χ3n) is 3.54. The van der Waals surface area contributed by atoms with Crippen LogP contribution in [0.5, 0.6) is 5.75 Å². The molecule has 0 saturated heterocycles. The summed E-state index contributed by atoms with van der Waals surface area (Å²) >= 11 is 0. The smallest absolute Gasteiger partial charge is 0.300 e. The van der Waals surface area contributed by atoms with Crippen LogP contribution in [0.1, 0.15) is 12.5 Å². The number of aryl methyl sites for hydroxylation is 1. The van der Waals surface area contributed by atoms with E-state index < -0.39 is 5.97 Å². The molecule has 0 saturated carbocycles. The number of phenolic OH excluding ortho intramolecular Hbond substituents is 1. The molecular formula is C19H23N3O3. The van der Waals surface area contributed by atoms with Gasteiger partial charge in [-0.3, -0.25) is 9.79 Å². The SMILES string of the molecule is CC(=O)O.Cc1ccc(N(CC2=NCCN2)c2cccc(O)c2)cc1. The van der Waals surface area contributed by atoms with Crippen molar-refractivity contribution < 1.29 is 15.0 Å². The van der Waals surface area contributed by atoms with Crippen molar-refractivity contribution in [2.45, 2.75) is 13.8 Å². The van der Waals surface area contributed by atoms with Crippen LogP contribution in [-0.4, -0.2) is 41.7 Å². The van der Waals surface area contributed by atoms with E-state index in [-0.39, 0.29) is 5.75 Å². The van der Waals surface area contributed by atoms with E-state index in [1.807, 2.05) is 12.1 Å². The number of anilines is 2. The first-order valence-electron chi connectivity index (χ1n) is 8.05. The van der Waals surface area contributed by atoms with Gasteiger partial charge in [0, 0.05) is 30.9 Å². The Balaban J connectivity index is 0.000000511. The monoisotopic (exact) mass is 341 g/mol. The van der Waals surface area contributed by atoms with Crippen molar-refractivity contribution >= 4 is 23.2 Å². The van der Waals surface area contributed by atoms with Gasteiger partial charge in [-0.2, -0.15) is 0 Å². The first-order valence-corrected chi connectivity index (χ1v) is 8.05. The summed E-state index contributed by atoms with van der Waals surface area (Å²) in [5, 5.41) is 20.5. The largest absolute Gasteiger partial charge is 0.508 e. The highest BCUT2D eigenvalue weighted by Gasteiger charge is 2.14. The van der Waals surface area contributed by atoms with Crippen LogP contribution < -0.4 is 10.2 Å². The maximum atomic E-state index is 9.74. The van der Waals surface area contributed by atoms with Crippen molar-refractivity contribution in [3.8, 4) is 5.75 Å². The average molecular weight is 341 g/mol. The Morgan fingerprint density at radius 3 is 2.44 bits per heavy atom. The summed E-state index contributed by atoms with van der Waals surface area (Å²) in [4.78, 5) is 15.6. The molecule has 0 radical (unpaired) electrons. The lowest BCUT2D eigenvalue weighted by Gasteiger charge is -2.25. The third kappa shape index (κ3) is 5.84. The lowest BCUT2D eigenvalue weighted by Crippen LogP contribution is -2.32. The van der Waals surface area contributed by atoms with Gasteiger partial charge in [-0.05, 0) is 31.2 Å². The first kappa shape index (κ1) is 18.3. The van der Waals surface area contributed by atoms with E-state index in [9.17, 15) is 5.11 Å². The van der Waals surface area contributed by atoms with E-state index in [2.05, 4.69) is 46.4 Å². The second kappa shape index (κ2) is 8.73. The molecule has 3 rings (SSSR count). The van der Waals surface area contributed by atoms with Gasteiger partial charge in [-0.1, -0.05) is 23.8 Å². The fourth-order valence-electron chi connectivity index (χ4n) is 2.42. The quantitative estimate of drug-likeness (QED) is 0.796. The highest BCUT2D eigenvalue weighted by molar-refractivity contribution is 5.90. The number of aromatic hydroxyl groups is 1. The second-order valence-electron chi connectivity index (χ2n) is 5.72. The number of carboxylic acid groups (broad SMARTS) is 1. The van der Waals surface area contributed by atoms with E-state index in [0.717, 1.165) is 37.2 Å². The number of hydrogen-bond acceptors (Lipinski definition) is 5. The Labute approximate surface area is 147 Å². The molecule has 0 aliphatic carbocycles. The number of hydrogen-bond donors (Lipinski definition) is 3. The summed E-state index contributed by atoms with van der Waals surface area (Å²) in [7, 11) is 0. The van der Waals surface area contributed by atoms with Crippen LogP contribution in [0, 0.1) is 6.92 Å². The molecule has 0 aromatic heterocycles. The average Bonchev–Trinajstić information content (AvgIpc) is 3.06. The van der Waals surface area contributed by atoms with Crippen molar-refractivity contribution in [3.63, 3.8) is 0 Å². The number of nitrogens with zero attached hydrogens (tertiary/aromatic N) is 2. The topological polar surface area (TPSA) is 85.2 Å². The normalized spacial score (nSPS) is 12.5. The molecule has 6 heteroatoms.